The molecule has 2 N–H and O–H groups in total. The molecule has 0 aromatic heterocycles. The molecule has 1 atom stereocenters. The molecule has 0 radical (unpaired) electrons. The Balaban J connectivity index is 0.00000341. The van der Waals surface area contributed by atoms with Crippen molar-refractivity contribution in [3.8, 4) is 17.2 Å². The first-order valence-electron chi connectivity index (χ1n) is 10.3. The molecule has 0 aliphatic carbocycles. The van der Waals surface area contributed by atoms with Crippen molar-refractivity contribution in [2.75, 3.05) is 45.9 Å². The predicted octanol–water partition coefficient (Wildman–Crippen LogP) is 3.66. The van der Waals surface area contributed by atoms with E-state index in [1.165, 1.54) is 0 Å². The summed E-state index contributed by atoms with van der Waals surface area (Å²) in [4.78, 5) is 7.10. The third kappa shape index (κ3) is 6.81. The van der Waals surface area contributed by atoms with Gasteiger partial charge in [-0.15, -0.1) is 24.0 Å². The lowest BCUT2D eigenvalue weighted by atomic mass is 10.2. The van der Waals surface area contributed by atoms with Crippen LogP contribution >= 0.6 is 24.0 Å². The van der Waals surface area contributed by atoms with Crippen LogP contribution in [0.15, 0.2) is 47.5 Å². The van der Waals surface area contributed by atoms with Crippen molar-refractivity contribution >= 4 is 35.6 Å². The van der Waals surface area contributed by atoms with Gasteiger partial charge in [-0.3, -0.25) is 0 Å². The van der Waals surface area contributed by atoms with Crippen LogP contribution in [0, 0.1) is 0 Å². The Hall–Kier alpha value is -2.36. The molecule has 1 aliphatic rings. The quantitative estimate of drug-likeness (QED) is 0.303. The summed E-state index contributed by atoms with van der Waals surface area (Å²) in [6.07, 6.45) is 1.03. The largest absolute Gasteiger partial charge is 0.497 e. The summed E-state index contributed by atoms with van der Waals surface area (Å²) in [7, 11) is 5.04. The van der Waals surface area contributed by atoms with Gasteiger partial charge in [0.15, 0.2) is 5.96 Å². The number of guanidine groups is 1. The zero-order valence-corrected chi connectivity index (χ0v) is 21.0. The first-order chi connectivity index (χ1) is 14.7. The van der Waals surface area contributed by atoms with E-state index < -0.39 is 0 Å². The van der Waals surface area contributed by atoms with Gasteiger partial charge in [-0.1, -0.05) is 18.2 Å². The summed E-state index contributed by atoms with van der Waals surface area (Å²) in [5.74, 6) is 3.27. The third-order valence-electron chi connectivity index (χ3n) is 5.17. The number of nitrogens with one attached hydrogen (secondary N) is 2. The van der Waals surface area contributed by atoms with Gasteiger partial charge in [0, 0.05) is 55.1 Å². The number of halogens is 1. The van der Waals surface area contributed by atoms with Crippen molar-refractivity contribution in [3.05, 3.63) is 48.0 Å². The Bertz CT molecular complexity index is 840. The number of rotatable bonds is 8. The van der Waals surface area contributed by atoms with E-state index in [1.54, 1.807) is 21.3 Å². The fourth-order valence-electron chi connectivity index (χ4n) is 3.60. The Morgan fingerprint density at radius 3 is 2.42 bits per heavy atom. The van der Waals surface area contributed by atoms with Crippen LogP contribution in [0.3, 0.4) is 0 Å². The van der Waals surface area contributed by atoms with Crippen LogP contribution < -0.4 is 29.7 Å². The molecular formula is C23H33IN4O3. The first kappa shape index (κ1) is 24.9. The minimum absolute atomic E-state index is 0. The van der Waals surface area contributed by atoms with Crippen LogP contribution in [0.2, 0.25) is 0 Å². The molecule has 0 amide bonds. The zero-order chi connectivity index (χ0) is 21.3. The average Bonchev–Trinajstić information content (AvgIpc) is 3.26. The molecule has 1 unspecified atom stereocenters. The number of hydrogen-bond donors (Lipinski definition) is 2. The van der Waals surface area contributed by atoms with Crippen molar-refractivity contribution in [1.82, 2.24) is 10.6 Å². The second-order valence-electron chi connectivity index (χ2n) is 7.15. The van der Waals surface area contributed by atoms with Crippen molar-refractivity contribution in [2.24, 2.45) is 4.99 Å². The summed E-state index contributed by atoms with van der Waals surface area (Å²) in [6, 6.07) is 14.3. The summed E-state index contributed by atoms with van der Waals surface area (Å²) < 4.78 is 16.3. The Labute approximate surface area is 202 Å². The standard InChI is InChI=1S/C23H32N4O3.HI/c1-5-24-23(25-15-17-8-6-7-9-22(17)30-4)26-18-10-11-27(16-18)19-12-20(28-2)14-21(13-19)29-3;/h6-9,12-14,18H,5,10-11,15-16H2,1-4H3,(H2,24,25,26);1H. The van der Waals surface area contributed by atoms with E-state index in [0.29, 0.717) is 12.6 Å². The van der Waals surface area contributed by atoms with Gasteiger partial charge in [0.25, 0.3) is 0 Å². The Morgan fingerprint density at radius 2 is 1.77 bits per heavy atom. The molecule has 2 aromatic carbocycles. The second-order valence-corrected chi connectivity index (χ2v) is 7.15. The van der Waals surface area contributed by atoms with E-state index in [1.807, 2.05) is 42.5 Å². The maximum atomic E-state index is 5.43. The molecule has 8 heteroatoms. The molecule has 0 saturated carbocycles. The van der Waals surface area contributed by atoms with Crippen LogP contribution in [-0.4, -0.2) is 53.0 Å². The molecule has 7 nitrogen and oxygen atoms in total. The lowest BCUT2D eigenvalue weighted by Gasteiger charge is -2.21. The predicted molar refractivity (Wildman–Crippen MR) is 137 cm³/mol. The number of ether oxygens (including phenoxy) is 3. The number of benzene rings is 2. The number of anilines is 1. The summed E-state index contributed by atoms with van der Waals surface area (Å²) in [6.45, 7) is 5.28. The van der Waals surface area contributed by atoms with Crippen LogP contribution in [0.1, 0.15) is 18.9 Å². The molecule has 1 fully saturated rings. The topological polar surface area (TPSA) is 67.4 Å². The van der Waals surface area contributed by atoms with E-state index in [4.69, 9.17) is 19.2 Å². The SMILES string of the molecule is CCNC(=NCc1ccccc1OC)NC1CCN(c2cc(OC)cc(OC)c2)C1.I. The van der Waals surface area contributed by atoms with E-state index in [9.17, 15) is 0 Å². The molecule has 2 aromatic rings. The van der Waals surface area contributed by atoms with Crippen molar-refractivity contribution < 1.29 is 14.2 Å². The molecule has 31 heavy (non-hydrogen) atoms. The van der Waals surface area contributed by atoms with E-state index in [2.05, 4.69) is 22.5 Å². The Morgan fingerprint density at radius 1 is 1.06 bits per heavy atom. The van der Waals surface area contributed by atoms with E-state index in [0.717, 1.165) is 60.5 Å². The highest BCUT2D eigenvalue weighted by Crippen LogP contribution is 2.30. The van der Waals surface area contributed by atoms with Crippen LogP contribution in [0.5, 0.6) is 17.2 Å². The third-order valence-corrected chi connectivity index (χ3v) is 5.17. The molecular weight excluding hydrogens is 507 g/mol. The second kappa shape index (κ2) is 12.5. The first-order valence-corrected chi connectivity index (χ1v) is 10.3. The normalized spacial score (nSPS) is 15.8. The number of hydrogen-bond acceptors (Lipinski definition) is 5. The van der Waals surface area contributed by atoms with Crippen LogP contribution in [-0.2, 0) is 6.54 Å². The smallest absolute Gasteiger partial charge is 0.191 e. The zero-order valence-electron chi connectivity index (χ0n) is 18.7. The molecule has 1 saturated heterocycles. The molecule has 1 heterocycles. The Kier molecular flexibility index (Phi) is 10.0. The van der Waals surface area contributed by atoms with Gasteiger partial charge >= 0.3 is 0 Å². The number of methoxy groups -OCH3 is 3. The van der Waals surface area contributed by atoms with Crippen LogP contribution in [0.25, 0.3) is 0 Å². The minimum atomic E-state index is 0. The monoisotopic (exact) mass is 540 g/mol. The van der Waals surface area contributed by atoms with Gasteiger partial charge in [0.2, 0.25) is 0 Å². The molecule has 1 aliphatic heterocycles. The minimum Gasteiger partial charge on any atom is -0.497 e. The molecule has 170 valence electrons. The summed E-state index contributed by atoms with van der Waals surface area (Å²) in [5, 5.41) is 6.92. The van der Waals surface area contributed by atoms with Crippen LogP contribution in [0.4, 0.5) is 5.69 Å². The fourth-order valence-corrected chi connectivity index (χ4v) is 3.60. The highest BCUT2D eigenvalue weighted by atomic mass is 127. The molecule has 3 rings (SSSR count). The number of aliphatic imine (C=N–C) groups is 1. The van der Waals surface area contributed by atoms with Gasteiger partial charge in [0.1, 0.15) is 17.2 Å². The fraction of sp³-hybridized carbons (Fsp3) is 0.435. The van der Waals surface area contributed by atoms with Gasteiger partial charge in [-0.05, 0) is 19.4 Å². The van der Waals surface area contributed by atoms with Crippen molar-refractivity contribution in [1.29, 1.82) is 0 Å². The van der Waals surface area contributed by atoms with Gasteiger partial charge in [0.05, 0.1) is 27.9 Å². The maximum absolute atomic E-state index is 5.43. The van der Waals surface area contributed by atoms with E-state index in [-0.39, 0.29) is 24.0 Å². The molecule has 0 spiro atoms. The summed E-state index contributed by atoms with van der Waals surface area (Å²) >= 11 is 0. The number of nitrogens with zero attached hydrogens (tertiary/aromatic N) is 2. The number of para-hydroxylation sites is 1. The lowest BCUT2D eigenvalue weighted by molar-refractivity contribution is 0.394. The highest BCUT2D eigenvalue weighted by molar-refractivity contribution is 14.0. The van der Waals surface area contributed by atoms with Gasteiger partial charge in [-0.2, -0.15) is 0 Å². The van der Waals surface area contributed by atoms with Gasteiger partial charge < -0.3 is 29.7 Å². The molecule has 0 bridgehead atoms. The van der Waals surface area contributed by atoms with Crippen molar-refractivity contribution in [3.63, 3.8) is 0 Å². The van der Waals surface area contributed by atoms with Gasteiger partial charge in [-0.25, -0.2) is 4.99 Å². The average molecular weight is 540 g/mol. The maximum Gasteiger partial charge on any atom is 0.191 e. The van der Waals surface area contributed by atoms with E-state index >= 15 is 0 Å². The lowest BCUT2D eigenvalue weighted by Crippen LogP contribution is -2.44. The van der Waals surface area contributed by atoms with Crippen molar-refractivity contribution in [2.45, 2.75) is 25.9 Å². The highest BCUT2D eigenvalue weighted by Gasteiger charge is 2.24. The summed E-state index contributed by atoms with van der Waals surface area (Å²) in [5.41, 5.74) is 2.17.